The number of amides is 1. The average Bonchev–Trinajstić information content (AvgIpc) is 2.97. The molecule has 2 N–H and O–H groups in total. The van der Waals surface area contributed by atoms with Crippen LogP contribution in [0.2, 0.25) is 0 Å². The van der Waals surface area contributed by atoms with Crippen molar-refractivity contribution < 1.29 is 19.6 Å². The zero-order valence-corrected chi connectivity index (χ0v) is 13.7. The number of nitrogens with one attached hydrogen (secondary N) is 1. The van der Waals surface area contributed by atoms with Gasteiger partial charge in [-0.3, -0.25) is 20.2 Å². The van der Waals surface area contributed by atoms with Crippen molar-refractivity contribution in [1.82, 2.24) is 4.98 Å². The summed E-state index contributed by atoms with van der Waals surface area (Å²) < 4.78 is 0.844. The second-order valence-corrected chi connectivity index (χ2v) is 6.19. The van der Waals surface area contributed by atoms with Crippen molar-refractivity contribution in [2.24, 2.45) is 0 Å². The van der Waals surface area contributed by atoms with Crippen LogP contribution in [0, 0.1) is 17.0 Å². The van der Waals surface area contributed by atoms with Crippen molar-refractivity contribution in [3.8, 4) is 0 Å². The molecule has 9 heteroatoms. The molecule has 3 aromatic rings. The van der Waals surface area contributed by atoms with Gasteiger partial charge in [0.05, 0.1) is 20.7 Å². The minimum Gasteiger partial charge on any atom is -0.478 e. The molecule has 0 aliphatic heterocycles. The minimum atomic E-state index is -1.42. The fourth-order valence-electron chi connectivity index (χ4n) is 2.41. The number of nitrogens with zero attached hydrogens (tertiary/aromatic N) is 2. The molecule has 1 aromatic heterocycles. The lowest BCUT2D eigenvalue weighted by atomic mass is 10.0. The number of nitro benzene ring substituents is 1. The summed E-state index contributed by atoms with van der Waals surface area (Å²) in [6.07, 6.45) is 0. The van der Waals surface area contributed by atoms with Gasteiger partial charge in [-0.1, -0.05) is 29.5 Å². The van der Waals surface area contributed by atoms with Gasteiger partial charge in [-0.25, -0.2) is 9.78 Å². The number of carbonyl (C=O) groups excluding carboxylic acids is 1. The fraction of sp³-hybridized carbons (Fsp3) is 0.0625. The summed E-state index contributed by atoms with van der Waals surface area (Å²) in [4.78, 5) is 38.5. The van der Waals surface area contributed by atoms with Gasteiger partial charge in [0.25, 0.3) is 11.6 Å². The lowest BCUT2D eigenvalue weighted by Gasteiger charge is -2.06. The van der Waals surface area contributed by atoms with E-state index in [2.05, 4.69) is 10.3 Å². The highest BCUT2D eigenvalue weighted by Gasteiger charge is 2.27. The molecule has 0 saturated carbocycles. The van der Waals surface area contributed by atoms with Gasteiger partial charge in [0.2, 0.25) is 0 Å². The van der Waals surface area contributed by atoms with Crippen LogP contribution in [0.5, 0.6) is 0 Å². The predicted octanol–water partition coefficient (Wildman–Crippen LogP) is 3.46. The number of anilines is 1. The van der Waals surface area contributed by atoms with Crippen molar-refractivity contribution >= 4 is 44.2 Å². The molecule has 0 aliphatic carbocycles. The molecule has 0 fully saturated rings. The van der Waals surface area contributed by atoms with Crippen molar-refractivity contribution in [2.45, 2.75) is 6.92 Å². The molecular formula is C16H11N3O5S. The Kier molecular flexibility index (Phi) is 4.15. The summed E-state index contributed by atoms with van der Waals surface area (Å²) >= 11 is 1.20. The summed E-state index contributed by atoms with van der Waals surface area (Å²) in [6.45, 7) is 1.87. The van der Waals surface area contributed by atoms with E-state index in [1.165, 1.54) is 17.4 Å². The molecule has 1 amide bonds. The molecule has 0 bridgehead atoms. The number of benzene rings is 2. The van der Waals surface area contributed by atoms with E-state index < -0.39 is 33.6 Å². The number of carbonyl (C=O) groups is 2. The van der Waals surface area contributed by atoms with Crippen molar-refractivity contribution in [2.75, 3.05) is 5.32 Å². The van der Waals surface area contributed by atoms with E-state index >= 15 is 0 Å². The van der Waals surface area contributed by atoms with Crippen LogP contribution in [-0.4, -0.2) is 26.9 Å². The molecule has 0 atom stereocenters. The number of nitro groups is 1. The third-order valence-electron chi connectivity index (χ3n) is 3.54. The zero-order valence-electron chi connectivity index (χ0n) is 12.8. The Labute approximate surface area is 144 Å². The Morgan fingerprint density at radius 1 is 1.24 bits per heavy atom. The van der Waals surface area contributed by atoms with Crippen LogP contribution in [-0.2, 0) is 0 Å². The number of aromatic nitrogens is 1. The van der Waals surface area contributed by atoms with Crippen LogP contribution < -0.4 is 5.32 Å². The maximum absolute atomic E-state index is 12.5. The van der Waals surface area contributed by atoms with E-state index in [0.717, 1.165) is 22.4 Å². The Bertz CT molecular complexity index is 996. The minimum absolute atomic E-state index is 0.240. The van der Waals surface area contributed by atoms with E-state index in [1.807, 2.05) is 25.1 Å². The van der Waals surface area contributed by atoms with Crippen LogP contribution in [0.3, 0.4) is 0 Å². The third kappa shape index (κ3) is 3.04. The first kappa shape index (κ1) is 16.5. The monoisotopic (exact) mass is 357 g/mol. The number of hydrogen-bond donors (Lipinski definition) is 2. The van der Waals surface area contributed by atoms with Gasteiger partial charge in [0.15, 0.2) is 5.13 Å². The normalized spacial score (nSPS) is 10.6. The maximum atomic E-state index is 12.5. The van der Waals surface area contributed by atoms with Crippen molar-refractivity contribution in [3.63, 3.8) is 0 Å². The third-order valence-corrected chi connectivity index (χ3v) is 4.47. The van der Waals surface area contributed by atoms with Crippen LogP contribution in [0.25, 0.3) is 10.2 Å². The number of hydrogen-bond acceptors (Lipinski definition) is 6. The van der Waals surface area contributed by atoms with Crippen LogP contribution >= 0.6 is 11.3 Å². The first-order chi connectivity index (χ1) is 11.9. The molecular weight excluding hydrogens is 346 g/mol. The highest BCUT2D eigenvalue weighted by molar-refractivity contribution is 7.22. The molecule has 2 aromatic carbocycles. The Hall–Kier alpha value is -3.33. The second-order valence-electron chi connectivity index (χ2n) is 5.16. The van der Waals surface area contributed by atoms with E-state index in [4.69, 9.17) is 0 Å². The number of thiazole rings is 1. The number of aryl methyl sites for hydroxylation is 1. The lowest BCUT2D eigenvalue weighted by Crippen LogP contribution is -2.18. The Balaban J connectivity index is 2.04. The smallest absolute Gasteiger partial charge is 0.336 e. The van der Waals surface area contributed by atoms with Crippen LogP contribution in [0.15, 0.2) is 36.4 Å². The first-order valence-corrected chi connectivity index (χ1v) is 7.88. The largest absolute Gasteiger partial charge is 0.478 e. The lowest BCUT2D eigenvalue weighted by molar-refractivity contribution is -0.385. The van der Waals surface area contributed by atoms with Gasteiger partial charge in [0, 0.05) is 6.07 Å². The topological polar surface area (TPSA) is 122 Å². The van der Waals surface area contributed by atoms with E-state index in [9.17, 15) is 24.8 Å². The number of aromatic carboxylic acids is 1. The molecule has 0 unspecified atom stereocenters. The molecule has 8 nitrogen and oxygen atoms in total. The summed E-state index contributed by atoms with van der Waals surface area (Å²) in [6, 6.07) is 9.02. The molecule has 0 spiro atoms. The highest BCUT2D eigenvalue weighted by atomic mass is 32.1. The highest BCUT2D eigenvalue weighted by Crippen LogP contribution is 2.29. The van der Waals surface area contributed by atoms with E-state index in [-0.39, 0.29) is 5.13 Å². The van der Waals surface area contributed by atoms with Crippen LogP contribution in [0.1, 0.15) is 26.3 Å². The Morgan fingerprint density at radius 3 is 2.60 bits per heavy atom. The quantitative estimate of drug-likeness (QED) is 0.544. The maximum Gasteiger partial charge on any atom is 0.336 e. The summed E-state index contributed by atoms with van der Waals surface area (Å²) in [5.41, 5.74) is 0.115. The fourth-order valence-corrected chi connectivity index (χ4v) is 3.35. The van der Waals surface area contributed by atoms with Crippen molar-refractivity contribution in [3.05, 3.63) is 63.2 Å². The standard InChI is InChI=1S/C16H11N3O5S/c1-8-4-2-7-11-13(8)17-16(25-11)18-14(20)12-9(15(21)22)5-3-6-10(12)19(23)24/h2-7H,1H3,(H,21,22)(H,17,18,20). The molecule has 3 rings (SSSR count). The van der Waals surface area contributed by atoms with Crippen LogP contribution in [0.4, 0.5) is 10.8 Å². The summed E-state index contributed by atoms with van der Waals surface area (Å²) in [5.74, 6) is -2.31. The number of fused-ring (bicyclic) bond motifs is 1. The molecule has 25 heavy (non-hydrogen) atoms. The number of rotatable bonds is 4. The van der Waals surface area contributed by atoms with Gasteiger partial charge in [-0.05, 0) is 24.6 Å². The number of carboxylic acids is 1. The number of para-hydroxylation sites is 1. The zero-order chi connectivity index (χ0) is 18.1. The summed E-state index contributed by atoms with van der Waals surface area (Å²) in [7, 11) is 0. The van der Waals surface area contributed by atoms with Gasteiger partial charge in [-0.2, -0.15) is 0 Å². The second kappa shape index (κ2) is 6.29. The van der Waals surface area contributed by atoms with Gasteiger partial charge in [0.1, 0.15) is 5.56 Å². The Morgan fingerprint density at radius 2 is 1.96 bits per heavy atom. The van der Waals surface area contributed by atoms with Gasteiger partial charge in [-0.15, -0.1) is 0 Å². The van der Waals surface area contributed by atoms with Crippen molar-refractivity contribution in [1.29, 1.82) is 0 Å². The SMILES string of the molecule is Cc1cccc2sc(NC(=O)c3c(C(=O)O)cccc3[N+](=O)[O-])nc12. The molecule has 126 valence electrons. The predicted molar refractivity (Wildman–Crippen MR) is 92.4 cm³/mol. The molecule has 1 heterocycles. The molecule has 0 radical (unpaired) electrons. The summed E-state index contributed by atoms with van der Waals surface area (Å²) in [5, 5.41) is 23.1. The number of carboxylic acid groups (broad SMARTS) is 1. The van der Waals surface area contributed by atoms with E-state index in [0.29, 0.717) is 5.52 Å². The van der Waals surface area contributed by atoms with E-state index in [1.54, 1.807) is 0 Å². The van der Waals surface area contributed by atoms with Gasteiger partial charge >= 0.3 is 5.97 Å². The first-order valence-electron chi connectivity index (χ1n) is 7.06. The molecule has 0 aliphatic rings. The average molecular weight is 357 g/mol. The van der Waals surface area contributed by atoms with Gasteiger partial charge < -0.3 is 5.11 Å². The molecule has 0 saturated heterocycles.